The highest BCUT2D eigenvalue weighted by atomic mass is 35.5. The van der Waals surface area contributed by atoms with Crippen molar-refractivity contribution in [2.45, 2.75) is 33.9 Å². The molecule has 0 saturated heterocycles. The van der Waals surface area contributed by atoms with Gasteiger partial charge in [-0.1, -0.05) is 12.1 Å². The first-order valence-corrected chi connectivity index (χ1v) is 9.70. The number of benzene rings is 1. The molecule has 0 bridgehead atoms. The number of halogens is 1. The van der Waals surface area contributed by atoms with Crippen LogP contribution in [-0.4, -0.2) is 47.2 Å². The third-order valence-electron chi connectivity index (χ3n) is 5.25. The van der Waals surface area contributed by atoms with E-state index in [9.17, 15) is 9.59 Å². The normalized spacial score (nSPS) is 14.0. The Bertz CT molecular complexity index is 987. The van der Waals surface area contributed by atoms with Crippen molar-refractivity contribution in [3.05, 3.63) is 63.9 Å². The first-order valence-electron chi connectivity index (χ1n) is 9.70. The minimum atomic E-state index is -0.0690. The Morgan fingerprint density at radius 2 is 1.87 bits per heavy atom. The number of amides is 2. The summed E-state index contributed by atoms with van der Waals surface area (Å²) in [4.78, 5) is 32.4. The van der Waals surface area contributed by atoms with E-state index in [-0.39, 0.29) is 24.2 Å². The van der Waals surface area contributed by atoms with E-state index in [0.29, 0.717) is 25.5 Å². The van der Waals surface area contributed by atoms with Crippen LogP contribution in [0.15, 0.2) is 30.5 Å². The fourth-order valence-electron chi connectivity index (χ4n) is 3.44. The monoisotopic (exact) mass is 428 g/mol. The van der Waals surface area contributed by atoms with Crippen LogP contribution < -0.4 is 5.32 Å². The zero-order valence-electron chi connectivity index (χ0n) is 18.2. The number of carbonyl (C=O) groups excluding carboxylic acids is 2. The third kappa shape index (κ3) is 5.68. The number of anilines is 1. The van der Waals surface area contributed by atoms with Crippen LogP contribution in [0.5, 0.6) is 0 Å². The van der Waals surface area contributed by atoms with Gasteiger partial charge in [0.1, 0.15) is 5.82 Å². The second-order valence-corrected chi connectivity index (χ2v) is 7.89. The molecule has 2 heterocycles. The molecule has 0 fully saturated rings. The van der Waals surface area contributed by atoms with Gasteiger partial charge in [0.2, 0.25) is 11.8 Å². The first-order chi connectivity index (χ1) is 13.7. The Kier molecular flexibility index (Phi) is 7.76. The summed E-state index contributed by atoms with van der Waals surface area (Å²) in [5.41, 5.74) is 6.61. The van der Waals surface area contributed by atoms with Gasteiger partial charge in [-0.15, -0.1) is 12.4 Å². The number of nitrogens with zero attached hydrogens (tertiary/aromatic N) is 3. The van der Waals surface area contributed by atoms with Gasteiger partial charge in [0.25, 0.3) is 0 Å². The highest BCUT2D eigenvalue weighted by Gasteiger charge is 2.17. The predicted octanol–water partition coefficient (Wildman–Crippen LogP) is 3.48. The van der Waals surface area contributed by atoms with E-state index >= 15 is 0 Å². The van der Waals surface area contributed by atoms with Crippen LogP contribution in [0.3, 0.4) is 0 Å². The summed E-state index contributed by atoms with van der Waals surface area (Å²) in [6.45, 7) is 7.79. The van der Waals surface area contributed by atoms with Crippen LogP contribution >= 0.6 is 12.4 Å². The maximum absolute atomic E-state index is 12.6. The summed E-state index contributed by atoms with van der Waals surface area (Å²) in [5, 5.41) is 2.81. The largest absolute Gasteiger partial charge is 0.338 e. The molecule has 0 aliphatic carbocycles. The van der Waals surface area contributed by atoms with Gasteiger partial charge >= 0.3 is 0 Å². The lowest BCUT2D eigenvalue weighted by Crippen LogP contribution is -2.26. The molecule has 1 aromatic heterocycles. The molecule has 1 N–H and O–H groups in total. The highest BCUT2D eigenvalue weighted by molar-refractivity contribution is 5.93. The minimum Gasteiger partial charge on any atom is -0.338 e. The summed E-state index contributed by atoms with van der Waals surface area (Å²) < 4.78 is 0. The van der Waals surface area contributed by atoms with Crippen LogP contribution in [0, 0.1) is 20.8 Å². The second kappa shape index (κ2) is 9.87. The lowest BCUT2D eigenvalue weighted by atomic mass is 10.0. The van der Waals surface area contributed by atoms with Gasteiger partial charge in [0.05, 0.1) is 6.54 Å². The zero-order chi connectivity index (χ0) is 21.1. The molecule has 2 amide bonds. The van der Waals surface area contributed by atoms with E-state index in [1.807, 2.05) is 18.0 Å². The smallest absolute Gasteiger partial charge is 0.246 e. The number of aromatic nitrogens is 1. The number of hydrogen-bond donors (Lipinski definition) is 1. The van der Waals surface area contributed by atoms with Crippen molar-refractivity contribution in [2.75, 3.05) is 26.0 Å². The number of nitrogens with one attached hydrogen (secondary N) is 1. The third-order valence-corrected chi connectivity index (χ3v) is 5.25. The molecule has 0 radical (unpaired) electrons. The molecular weight excluding hydrogens is 400 g/mol. The molecule has 0 unspecified atom stereocenters. The molecule has 0 spiro atoms. The number of fused-ring (bicyclic) bond motifs is 1. The average molecular weight is 429 g/mol. The molecule has 1 aromatic carbocycles. The van der Waals surface area contributed by atoms with Crippen LogP contribution in [0.1, 0.15) is 33.4 Å². The molecule has 7 heteroatoms. The number of carbonyl (C=O) groups is 2. The minimum absolute atomic E-state index is 0. The van der Waals surface area contributed by atoms with Crippen molar-refractivity contribution in [2.24, 2.45) is 0 Å². The summed E-state index contributed by atoms with van der Waals surface area (Å²) in [6.07, 6.45) is 5.01. The summed E-state index contributed by atoms with van der Waals surface area (Å²) in [7, 11) is 3.70. The molecule has 0 saturated carbocycles. The van der Waals surface area contributed by atoms with Crippen LogP contribution in [-0.2, 0) is 22.7 Å². The molecule has 1 aliphatic heterocycles. The van der Waals surface area contributed by atoms with Gasteiger partial charge in [0, 0.05) is 38.0 Å². The summed E-state index contributed by atoms with van der Waals surface area (Å²) in [5.74, 6) is 0.452. The topological polar surface area (TPSA) is 65.5 Å². The van der Waals surface area contributed by atoms with Crippen LogP contribution in [0.25, 0.3) is 6.08 Å². The van der Waals surface area contributed by atoms with Gasteiger partial charge < -0.3 is 10.2 Å². The molecule has 1 aliphatic rings. The van der Waals surface area contributed by atoms with Crippen molar-refractivity contribution < 1.29 is 9.59 Å². The quantitative estimate of drug-likeness (QED) is 0.757. The Morgan fingerprint density at radius 3 is 2.60 bits per heavy atom. The Labute approximate surface area is 184 Å². The fraction of sp³-hybridized carbons (Fsp3) is 0.348. The van der Waals surface area contributed by atoms with E-state index < -0.39 is 0 Å². The lowest BCUT2D eigenvalue weighted by Gasteiger charge is -2.18. The van der Waals surface area contributed by atoms with Gasteiger partial charge in [0.15, 0.2) is 0 Å². The van der Waals surface area contributed by atoms with E-state index in [0.717, 1.165) is 16.7 Å². The van der Waals surface area contributed by atoms with E-state index in [2.05, 4.69) is 43.2 Å². The van der Waals surface area contributed by atoms with Gasteiger partial charge in [-0.3, -0.25) is 14.5 Å². The number of rotatable bonds is 4. The maximum atomic E-state index is 12.6. The fourth-order valence-corrected chi connectivity index (χ4v) is 3.44. The number of aryl methyl sites for hydroxylation is 3. The molecule has 160 valence electrons. The van der Waals surface area contributed by atoms with Gasteiger partial charge in [-0.05, 0) is 67.8 Å². The van der Waals surface area contributed by atoms with Crippen molar-refractivity contribution in [3.63, 3.8) is 0 Å². The van der Waals surface area contributed by atoms with Crippen molar-refractivity contribution in [3.8, 4) is 0 Å². The maximum Gasteiger partial charge on any atom is 0.246 e. The van der Waals surface area contributed by atoms with E-state index in [4.69, 9.17) is 0 Å². The SMILES string of the molecule is Cc1cc(C)c(CN(C)C(=O)C=Cc2cnc3c(c2)CN(C)CC(=O)N3)cc1C.Cl. The van der Waals surface area contributed by atoms with Crippen molar-refractivity contribution in [1.29, 1.82) is 0 Å². The Hall–Kier alpha value is -2.70. The summed E-state index contributed by atoms with van der Waals surface area (Å²) in [6, 6.07) is 6.27. The Balaban J connectivity index is 0.00000320. The summed E-state index contributed by atoms with van der Waals surface area (Å²) >= 11 is 0. The predicted molar refractivity (Wildman–Crippen MR) is 123 cm³/mol. The molecular formula is C23H29ClN4O2. The molecule has 6 nitrogen and oxygen atoms in total. The first kappa shape index (κ1) is 23.6. The van der Waals surface area contributed by atoms with E-state index in [1.165, 1.54) is 16.7 Å². The van der Waals surface area contributed by atoms with E-state index in [1.54, 1.807) is 30.3 Å². The molecule has 3 rings (SSSR count). The zero-order valence-corrected chi connectivity index (χ0v) is 19.0. The average Bonchev–Trinajstić information content (AvgIpc) is 2.79. The molecule has 2 aromatic rings. The number of likely N-dealkylation sites (N-methyl/N-ethyl adjacent to an activating group) is 2. The standard InChI is InChI=1S/C23H28N4O2.ClH/c1-15-8-17(3)19(9-16(15)2)13-27(5)22(29)7-6-18-10-20-12-26(4)14-21(28)25-23(20)24-11-18;/h6-11H,12-14H2,1-5H3,(H,24,25,28);1H. The van der Waals surface area contributed by atoms with Gasteiger partial charge in [-0.2, -0.15) is 0 Å². The number of hydrogen-bond acceptors (Lipinski definition) is 4. The number of pyridine rings is 1. The Morgan fingerprint density at radius 1 is 1.17 bits per heavy atom. The lowest BCUT2D eigenvalue weighted by molar-refractivity contribution is -0.125. The van der Waals surface area contributed by atoms with Crippen molar-refractivity contribution in [1.82, 2.24) is 14.8 Å². The molecule has 30 heavy (non-hydrogen) atoms. The van der Waals surface area contributed by atoms with Crippen molar-refractivity contribution >= 4 is 36.1 Å². The van der Waals surface area contributed by atoms with Crippen LogP contribution in [0.2, 0.25) is 0 Å². The van der Waals surface area contributed by atoms with Gasteiger partial charge in [-0.25, -0.2) is 4.98 Å². The highest BCUT2D eigenvalue weighted by Crippen LogP contribution is 2.20. The molecule has 0 atom stereocenters. The van der Waals surface area contributed by atoms with Crippen LogP contribution in [0.4, 0.5) is 5.82 Å². The second-order valence-electron chi connectivity index (χ2n) is 7.89.